The lowest BCUT2D eigenvalue weighted by Gasteiger charge is -2.36. The average molecular weight is 402 g/mol. The summed E-state index contributed by atoms with van der Waals surface area (Å²) in [4.78, 5) is 21.9. The van der Waals surface area contributed by atoms with E-state index in [4.69, 9.17) is 11.6 Å². The highest BCUT2D eigenvalue weighted by molar-refractivity contribution is 7.17. The maximum absolute atomic E-state index is 12.6. The SMILES string of the molecule is Cc1nn(-c2ccccn2)c(C)c1N1CCN(C(=O)c2ccc(Cl)s2)CC1. The van der Waals surface area contributed by atoms with E-state index in [1.165, 1.54) is 11.3 Å². The van der Waals surface area contributed by atoms with E-state index in [-0.39, 0.29) is 5.91 Å². The van der Waals surface area contributed by atoms with Gasteiger partial charge in [0, 0.05) is 32.4 Å². The Kier molecular flexibility index (Phi) is 4.88. The van der Waals surface area contributed by atoms with Crippen LogP contribution in [0.15, 0.2) is 36.5 Å². The number of aryl methyl sites for hydroxylation is 1. The molecule has 27 heavy (non-hydrogen) atoms. The molecule has 0 saturated carbocycles. The number of halogens is 1. The predicted octanol–water partition coefficient (Wildman–Crippen LogP) is 3.56. The molecule has 1 fully saturated rings. The Hall–Kier alpha value is -2.38. The fourth-order valence-corrected chi connectivity index (χ4v) is 4.52. The Morgan fingerprint density at radius 3 is 2.52 bits per heavy atom. The molecule has 0 aliphatic carbocycles. The van der Waals surface area contributed by atoms with Crippen molar-refractivity contribution in [1.82, 2.24) is 19.7 Å². The number of rotatable bonds is 3. The van der Waals surface area contributed by atoms with Crippen LogP contribution in [0, 0.1) is 13.8 Å². The van der Waals surface area contributed by atoms with Crippen LogP contribution in [0.1, 0.15) is 21.1 Å². The molecule has 1 aliphatic rings. The van der Waals surface area contributed by atoms with Gasteiger partial charge in [-0.25, -0.2) is 9.67 Å². The summed E-state index contributed by atoms with van der Waals surface area (Å²) in [6.07, 6.45) is 1.77. The molecule has 4 heterocycles. The first-order valence-corrected chi connectivity index (χ1v) is 10.0. The summed E-state index contributed by atoms with van der Waals surface area (Å²) in [6.45, 7) is 7.01. The molecule has 1 amide bonds. The summed E-state index contributed by atoms with van der Waals surface area (Å²) < 4.78 is 2.53. The zero-order chi connectivity index (χ0) is 19.0. The van der Waals surface area contributed by atoms with Crippen LogP contribution in [0.25, 0.3) is 5.82 Å². The molecule has 4 rings (SSSR count). The fourth-order valence-electron chi connectivity index (χ4n) is 3.51. The highest BCUT2D eigenvalue weighted by Gasteiger charge is 2.26. The summed E-state index contributed by atoms with van der Waals surface area (Å²) in [5, 5.41) is 4.68. The summed E-state index contributed by atoms with van der Waals surface area (Å²) >= 11 is 7.29. The molecule has 0 spiro atoms. The van der Waals surface area contributed by atoms with Crippen LogP contribution in [0.3, 0.4) is 0 Å². The Labute approximate surface area is 167 Å². The largest absolute Gasteiger partial charge is 0.365 e. The smallest absolute Gasteiger partial charge is 0.264 e. The summed E-state index contributed by atoms with van der Waals surface area (Å²) in [7, 11) is 0. The molecule has 0 aromatic carbocycles. The first kappa shape index (κ1) is 18.0. The van der Waals surface area contributed by atoms with Crippen LogP contribution in [0.4, 0.5) is 5.69 Å². The van der Waals surface area contributed by atoms with Crippen molar-refractivity contribution in [3.05, 3.63) is 57.1 Å². The number of pyridine rings is 1. The monoisotopic (exact) mass is 401 g/mol. The minimum atomic E-state index is 0.0594. The molecule has 0 radical (unpaired) electrons. The number of amides is 1. The van der Waals surface area contributed by atoms with Gasteiger partial charge < -0.3 is 9.80 Å². The number of carbonyl (C=O) groups is 1. The van der Waals surface area contributed by atoms with Crippen LogP contribution >= 0.6 is 22.9 Å². The Bertz CT molecular complexity index is 960. The van der Waals surface area contributed by atoms with Gasteiger partial charge in [-0.15, -0.1) is 11.3 Å². The van der Waals surface area contributed by atoms with E-state index in [0.717, 1.165) is 36.0 Å². The van der Waals surface area contributed by atoms with Crippen molar-refractivity contribution in [2.75, 3.05) is 31.1 Å². The number of anilines is 1. The molecule has 3 aromatic heterocycles. The summed E-state index contributed by atoms with van der Waals surface area (Å²) in [5.74, 6) is 0.872. The normalized spacial score (nSPS) is 14.6. The van der Waals surface area contributed by atoms with Crippen molar-refractivity contribution in [1.29, 1.82) is 0 Å². The van der Waals surface area contributed by atoms with Crippen molar-refractivity contribution in [2.45, 2.75) is 13.8 Å². The van der Waals surface area contributed by atoms with Gasteiger partial charge >= 0.3 is 0 Å². The first-order valence-electron chi connectivity index (χ1n) is 8.82. The summed E-state index contributed by atoms with van der Waals surface area (Å²) in [5.41, 5.74) is 3.17. The number of aromatic nitrogens is 3. The molecule has 1 aliphatic heterocycles. The van der Waals surface area contributed by atoms with Crippen LogP contribution in [-0.4, -0.2) is 51.8 Å². The zero-order valence-electron chi connectivity index (χ0n) is 15.2. The van der Waals surface area contributed by atoms with Crippen LogP contribution in [-0.2, 0) is 0 Å². The van der Waals surface area contributed by atoms with Gasteiger partial charge in [-0.1, -0.05) is 17.7 Å². The third kappa shape index (κ3) is 3.44. The maximum atomic E-state index is 12.6. The van der Waals surface area contributed by atoms with Crippen molar-refractivity contribution in [3.63, 3.8) is 0 Å². The van der Waals surface area contributed by atoms with Crippen molar-refractivity contribution >= 4 is 34.5 Å². The molecule has 1 saturated heterocycles. The Morgan fingerprint density at radius 1 is 1.11 bits per heavy atom. The van der Waals surface area contributed by atoms with E-state index < -0.39 is 0 Å². The molecule has 0 N–H and O–H groups in total. The number of nitrogens with zero attached hydrogens (tertiary/aromatic N) is 5. The van der Waals surface area contributed by atoms with Gasteiger partial charge in [-0.05, 0) is 38.1 Å². The third-order valence-electron chi connectivity index (χ3n) is 4.79. The quantitative estimate of drug-likeness (QED) is 0.673. The van der Waals surface area contributed by atoms with Gasteiger partial charge in [-0.2, -0.15) is 5.10 Å². The highest BCUT2D eigenvalue weighted by Crippen LogP contribution is 2.28. The minimum Gasteiger partial charge on any atom is -0.365 e. The lowest BCUT2D eigenvalue weighted by atomic mass is 10.2. The number of hydrogen-bond donors (Lipinski definition) is 0. The predicted molar refractivity (Wildman–Crippen MR) is 108 cm³/mol. The van der Waals surface area contributed by atoms with E-state index in [0.29, 0.717) is 22.3 Å². The van der Waals surface area contributed by atoms with Crippen LogP contribution in [0.2, 0.25) is 4.34 Å². The van der Waals surface area contributed by atoms with E-state index in [1.807, 2.05) is 34.7 Å². The minimum absolute atomic E-state index is 0.0594. The zero-order valence-corrected chi connectivity index (χ0v) is 16.8. The topological polar surface area (TPSA) is 54.3 Å². The Morgan fingerprint density at radius 2 is 1.89 bits per heavy atom. The van der Waals surface area contributed by atoms with Gasteiger partial charge in [0.15, 0.2) is 5.82 Å². The van der Waals surface area contributed by atoms with E-state index in [9.17, 15) is 4.79 Å². The first-order chi connectivity index (χ1) is 13.0. The molecule has 0 unspecified atom stereocenters. The molecule has 6 nitrogen and oxygen atoms in total. The van der Waals surface area contributed by atoms with Crippen LogP contribution < -0.4 is 4.90 Å². The second-order valence-corrected chi connectivity index (χ2v) is 8.22. The number of carbonyl (C=O) groups excluding carboxylic acids is 1. The van der Waals surface area contributed by atoms with Gasteiger partial charge in [-0.3, -0.25) is 4.79 Å². The van der Waals surface area contributed by atoms with Gasteiger partial charge in [0.05, 0.1) is 26.3 Å². The van der Waals surface area contributed by atoms with Crippen molar-refractivity contribution < 1.29 is 4.79 Å². The second kappa shape index (κ2) is 7.32. The second-order valence-electron chi connectivity index (χ2n) is 6.50. The Balaban J connectivity index is 1.50. The molecular formula is C19H20ClN5OS. The number of hydrogen-bond acceptors (Lipinski definition) is 5. The molecule has 8 heteroatoms. The number of piperazine rings is 1. The molecule has 3 aromatic rings. The van der Waals surface area contributed by atoms with E-state index in [1.54, 1.807) is 18.3 Å². The molecule has 140 valence electrons. The molecular weight excluding hydrogens is 382 g/mol. The van der Waals surface area contributed by atoms with Gasteiger partial charge in [0.2, 0.25) is 0 Å². The molecule has 0 bridgehead atoms. The van der Waals surface area contributed by atoms with Gasteiger partial charge in [0.1, 0.15) is 0 Å². The maximum Gasteiger partial charge on any atom is 0.264 e. The van der Waals surface area contributed by atoms with E-state index in [2.05, 4.69) is 21.9 Å². The molecule has 0 atom stereocenters. The highest BCUT2D eigenvalue weighted by atomic mass is 35.5. The fraction of sp³-hybridized carbons (Fsp3) is 0.316. The van der Waals surface area contributed by atoms with Crippen molar-refractivity contribution in [3.8, 4) is 5.82 Å². The summed E-state index contributed by atoms with van der Waals surface area (Å²) in [6, 6.07) is 9.38. The third-order valence-corrected chi connectivity index (χ3v) is 6.01. The van der Waals surface area contributed by atoms with Gasteiger partial charge in [0.25, 0.3) is 5.91 Å². The standard InChI is InChI=1S/C19H20ClN5OS/c1-13-18(14(2)25(22-13)17-5-3-4-8-21-17)23-9-11-24(12-10-23)19(26)15-6-7-16(20)27-15/h3-8H,9-12H2,1-2H3. The average Bonchev–Trinajstić information content (AvgIpc) is 3.25. The van der Waals surface area contributed by atoms with Crippen LogP contribution in [0.5, 0.6) is 0 Å². The van der Waals surface area contributed by atoms with Crippen molar-refractivity contribution in [2.24, 2.45) is 0 Å². The lowest BCUT2D eigenvalue weighted by Crippen LogP contribution is -2.49. The lowest BCUT2D eigenvalue weighted by molar-refractivity contribution is 0.0751. The van der Waals surface area contributed by atoms with E-state index >= 15 is 0 Å². The number of thiophene rings is 1.